The first-order chi connectivity index (χ1) is 14.9. The summed E-state index contributed by atoms with van der Waals surface area (Å²) in [4.78, 5) is 17.5. The van der Waals surface area contributed by atoms with E-state index in [9.17, 15) is 4.79 Å². The number of hydrogen-bond acceptors (Lipinski definition) is 4. The highest BCUT2D eigenvalue weighted by atomic mass is 35.5. The van der Waals surface area contributed by atoms with E-state index >= 15 is 0 Å². The van der Waals surface area contributed by atoms with Gasteiger partial charge in [-0.05, 0) is 60.4 Å². The van der Waals surface area contributed by atoms with E-state index in [2.05, 4.69) is 24.1 Å². The summed E-state index contributed by atoms with van der Waals surface area (Å²) >= 11 is 6.36. The fraction of sp³-hybridized carbons (Fsp3) is 0.200. The van der Waals surface area contributed by atoms with Crippen LogP contribution in [0.1, 0.15) is 41.3 Å². The zero-order valence-corrected chi connectivity index (χ0v) is 18.6. The molecule has 0 spiro atoms. The van der Waals surface area contributed by atoms with Crippen molar-refractivity contribution in [3.8, 4) is 17.2 Å². The molecular weight excluding hydrogens is 412 g/mol. The molecule has 0 saturated heterocycles. The van der Waals surface area contributed by atoms with E-state index < -0.39 is 0 Å². The Bertz CT molecular complexity index is 1280. The number of ether oxygens (including phenoxy) is 1. The number of benzene rings is 3. The van der Waals surface area contributed by atoms with Crippen LogP contribution < -0.4 is 10.1 Å². The predicted molar refractivity (Wildman–Crippen MR) is 124 cm³/mol. The molecule has 0 radical (unpaired) electrons. The first kappa shape index (κ1) is 20.9. The Morgan fingerprint density at radius 2 is 1.94 bits per heavy atom. The van der Waals surface area contributed by atoms with Crippen LogP contribution in [0, 0.1) is 6.92 Å². The van der Waals surface area contributed by atoms with Crippen LogP contribution in [0.4, 0.5) is 5.69 Å². The molecule has 0 bridgehead atoms. The molecule has 158 valence electrons. The molecule has 0 aliphatic rings. The van der Waals surface area contributed by atoms with Gasteiger partial charge < -0.3 is 14.5 Å². The van der Waals surface area contributed by atoms with Crippen molar-refractivity contribution < 1.29 is 13.9 Å². The molecule has 4 rings (SSSR count). The summed E-state index contributed by atoms with van der Waals surface area (Å²) in [6, 6.07) is 16.7. The number of amides is 1. The first-order valence-corrected chi connectivity index (χ1v) is 10.4. The monoisotopic (exact) mass is 434 g/mol. The van der Waals surface area contributed by atoms with Gasteiger partial charge in [-0.15, -0.1) is 0 Å². The van der Waals surface area contributed by atoms with Crippen LogP contribution in [-0.4, -0.2) is 18.0 Å². The Hall–Kier alpha value is -3.31. The van der Waals surface area contributed by atoms with Crippen molar-refractivity contribution in [3.63, 3.8) is 0 Å². The maximum atomic E-state index is 12.9. The zero-order valence-electron chi connectivity index (χ0n) is 17.8. The molecule has 0 saturated carbocycles. The number of para-hydroxylation sites is 1. The molecule has 0 unspecified atom stereocenters. The van der Waals surface area contributed by atoms with Crippen molar-refractivity contribution >= 4 is 34.3 Å². The lowest BCUT2D eigenvalue weighted by Crippen LogP contribution is -2.14. The van der Waals surface area contributed by atoms with Crippen LogP contribution in [0.15, 0.2) is 59.0 Å². The van der Waals surface area contributed by atoms with Gasteiger partial charge in [0.2, 0.25) is 5.89 Å². The number of nitrogens with one attached hydrogen (secondary N) is 1. The van der Waals surface area contributed by atoms with Gasteiger partial charge in [-0.2, -0.15) is 0 Å². The van der Waals surface area contributed by atoms with Gasteiger partial charge in [0.05, 0.1) is 23.4 Å². The molecule has 0 aliphatic heterocycles. The second kappa shape index (κ2) is 8.44. The number of methoxy groups -OCH3 is 1. The van der Waals surface area contributed by atoms with Gasteiger partial charge in [0.15, 0.2) is 5.58 Å². The van der Waals surface area contributed by atoms with Gasteiger partial charge in [0, 0.05) is 5.56 Å². The fourth-order valence-electron chi connectivity index (χ4n) is 3.47. The third kappa shape index (κ3) is 4.14. The van der Waals surface area contributed by atoms with E-state index in [0.29, 0.717) is 39.4 Å². The van der Waals surface area contributed by atoms with E-state index in [1.54, 1.807) is 25.3 Å². The Morgan fingerprint density at radius 3 is 2.68 bits per heavy atom. The van der Waals surface area contributed by atoms with E-state index in [4.69, 9.17) is 20.8 Å². The minimum atomic E-state index is -0.307. The predicted octanol–water partition coefficient (Wildman–Crippen LogP) is 6.84. The standard InChI is InChI=1S/C25H23ClN2O3/c1-14(2)16-9-11-22-21(12-16)28-25(31-22)17-8-10-19(26)20(13-17)27-24(29)18-7-5-6-15(3)23(18)30-4/h5-14H,1-4H3,(H,27,29). The summed E-state index contributed by atoms with van der Waals surface area (Å²) < 4.78 is 11.3. The molecule has 1 amide bonds. The lowest BCUT2D eigenvalue weighted by Gasteiger charge is -2.12. The number of anilines is 1. The first-order valence-electron chi connectivity index (χ1n) is 10.0. The summed E-state index contributed by atoms with van der Waals surface area (Å²) in [5, 5.41) is 3.29. The molecule has 1 heterocycles. The highest BCUT2D eigenvalue weighted by molar-refractivity contribution is 6.34. The van der Waals surface area contributed by atoms with Gasteiger partial charge in [0.1, 0.15) is 11.3 Å². The molecular formula is C25H23ClN2O3. The van der Waals surface area contributed by atoms with Crippen molar-refractivity contribution in [1.29, 1.82) is 0 Å². The summed E-state index contributed by atoms with van der Waals surface area (Å²) in [5.41, 5.74) is 5.21. The zero-order chi connectivity index (χ0) is 22.1. The van der Waals surface area contributed by atoms with Crippen molar-refractivity contribution in [2.75, 3.05) is 12.4 Å². The van der Waals surface area contributed by atoms with Crippen LogP contribution in [0.5, 0.6) is 5.75 Å². The quantitative estimate of drug-likeness (QED) is 0.373. The SMILES string of the molecule is COc1c(C)cccc1C(=O)Nc1cc(-c2nc3cc(C(C)C)ccc3o2)ccc1Cl. The van der Waals surface area contributed by atoms with Crippen molar-refractivity contribution in [3.05, 3.63) is 76.3 Å². The van der Waals surface area contributed by atoms with Crippen LogP contribution in [0.2, 0.25) is 5.02 Å². The molecule has 0 atom stereocenters. The third-order valence-electron chi connectivity index (χ3n) is 5.20. The number of oxazole rings is 1. The maximum Gasteiger partial charge on any atom is 0.259 e. The normalized spacial score (nSPS) is 11.2. The fourth-order valence-corrected chi connectivity index (χ4v) is 3.64. The van der Waals surface area contributed by atoms with Crippen molar-refractivity contribution in [2.45, 2.75) is 26.7 Å². The Kier molecular flexibility index (Phi) is 5.70. The minimum absolute atomic E-state index is 0.307. The Labute approximate surface area is 186 Å². The van der Waals surface area contributed by atoms with E-state index in [1.807, 2.05) is 43.3 Å². The molecule has 3 aromatic carbocycles. The van der Waals surface area contributed by atoms with E-state index in [0.717, 1.165) is 16.6 Å². The number of rotatable bonds is 5. The smallest absolute Gasteiger partial charge is 0.259 e. The summed E-state index contributed by atoms with van der Waals surface area (Å²) in [6.07, 6.45) is 0. The van der Waals surface area contributed by atoms with E-state index in [1.165, 1.54) is 5.56 Å². The Morgan fingerprint density at radius 1 is 1.13 bits per heavy atom. The number of aryl methyl sites for hydroxylation is 1. The number of aromatic nitrogens is 1. The second-order valence-electron chi connectivity index (χ2n) is 7.71. The molecule has 1 aromatic heterocycles. The number of hydrogen-bond donors (Lipinski definition) is 1. The van der Waals surface area contributed by atoms with Crippen LogP contribution in [-0.2, 0) is 0 Å². The Balaban J connectivity index is 1.67. The molecule has 5 nitrogen and oxygen atoms in total. The van der Waals surface area contributed by atoms with Crippen molar-refractivity contribution in [1.82, 2.24) is 4.98 Å². The van der Waals surface area contributed by atoms with Crippen LogP contribution in [0.3, 0.4) is 0 Å². The highest BCUT2D eigenvalue weighted by Gasteiger charge is 2.17. The number of nitrogens with zero attached hydrogens (tertiary/aromatic N) is 1. The van der Waals surface area contributed by atoms with Gasteiger partial charge in [-0.3, -0.25) is 4.79 Å². The molecule has 0 aliphatic carbocycles. The average molecular weight is 435 g/mol. The van der Waals surface area contributed by atoms with Gasteiger partial charge >= 0.3 is 0 Å². The lowest BCUT2D eigenvalue weighted by atomic mass is 10.0. The topological polar surface area (TPSA) is 64.4 Å². The lowest BCUT2D eigenvalue weighted by molar-refractivity contribution is 0.102. The molecule has 0 fully saturated rings. The number of fused-ring (bicyclic) bond motifs is 1. The van der Waals surface area contributed by atoms with Gasteiger partial charge in [-0.25, -0.2) is 4.98 Å². The van der Waals surface area contributed by atoms with E-state index in [-0.39, 0.29) is 5.91 Å². The molecule has 6 heteroatoms. The van der Waals surface area contributed by atoms with Gasteiger partial charge in [-0.1, -0.05) is 43.6 Å². The summed E-state index contributed by atoms with van der Waals surface area (Å²) in [6.45, 7) is 6.17. The third-order valence-corrected chi connectivity index (χ3v) is 5.53. The van der Waals surface area contributed by atoms with Crippen LogP contribution >= 0.6 is 11.6 Å². The average Bonchev–Trinajstić information content (AvgIpc) is 3.18. The molecule has 1 N–H and O–H groups in total. The summed E-state index contributed by atoms with van der Waals surface area (Å²) in [5.74, 6) is 1.10. The number of carbonyl (C=O) groups excluding carboxylic acids is 1. The minimum Gasteiger partial charge on any atom is -0.496 e. The largest absolute Gasteiger partial charge is 0.496 e. The highest BCUT2D eigenvalue weighted by Crippen LogP contribution is 2.32. The molecule has 31 heavy (non-hydrogen) atoms. The number of carbonyl (C=O) groups is 1. The maximum absolute atomic E-state index is 12.9. The molecule has 4 aromatic rings. The summed E-state index contributed by atoms with van der Waals surface area (Å²) in [7, 11) is 1.55. The van der Waals surface area contributed by atoms with Crippen LogP contribution in [0.25, 0.3) is 22.6 Å². The second-order valence-corrected chi connectivity index (χ2v) is 8.11. The number of halogens is 1. The van der Waals surface area contributed by atoms with Gasteiger partial charge in [0.25, 0.3) is 5.91 Å². The van der Waals surface area contributed by atoms with Crippen molar-refractivity contribution in [2.24, 2.45) is 0 Å².